The normalized spacial score (nSPS) is 11.0. The molecule has 0 amide bonds. The number of hydrogen-bond donors (Lipinski definition) is 3. The lowest BCUT2D eigenvalue weighted by atomic mass is 10.2. The Morgan fingerprint density at radius 1 is 1.67 bits per heavy atom. The highest BCUT2D eigenvalue weighted by Crippen LogP contribution is 1.88. The van der Waals surface area contributed by atoms with Crippen LogP contribution in [-0.2, 0) is 0 Å². The van der Waals surface area contributed by atoms with Crippen LogP contribution in [0, 0.1) is 5.41 Å². The summed E-state index contributed by atoms with van der Waals surface area (Å²) < 4.78 is 0. The average molecular weight is 125 g/mol. The Kier molecular flexibility index (Phi) is 3.39. The summed E-state index contributed by atoms with van der Waals surface area (Å²) in [7, 11) is 0. The summed E-state index contributed by atoms with van der Waals surface area (Å²) >= 11 is 0. The van der Waals surface area contributed by atoms with Gasteiger partial charge < -0.3 is 11.5 Å². The standard InChI is InChI=1S/C6H11N3/c1-2-3-5(4-7)6(8)9/h2-3H,1,4,7H2,(H3,8,9)/b5-3+. The van der Waals surface area contributed by atoms with Crippen molar-refractivity contribution in [1.29, 1.82) is 5.41 Å². The van der Waals surface area contributed by atoms with Crippen molar-refractivity contribution < 1.29 is 0 Å². The number of nitrogens with one attached hydrogen (secondary N) is 1. The Morgan fingerprint density at radius 2 is 2.22 bits per heavy atom. The summed E-state index contributed by atoms with van der Waals surface area (Å²) in [5.41, 5.74) is 11.0. The molecule has 0 saturated carbocycles. The quantitative estimate of drug-likeness (QED) is 0.282. The molecule has 0 aromatic carbocycles. The molecule has 0 heterocycles. The van der Waals surface area contributed by atoms with Crippen molar-refractivity contribution in [3.63, 3.8) is 0 Å². The Hall–Kier alpha value is -1.09. The molecular weight excluding hydrogens is 114 g/mol. The van der Waals surface area contributed by atoms with E-state index in [2.05, 4.69) is 6.58 Å². The fourth-order valence-electron chi connectivity index (χ4n) is 0.410. The lowest BCUT2D eigenvalue weighted by Crippen LogP contribution is -2.19. The van der Waals surface area contributed by atoms with Crippen LogP contribution in [0.1, 0.15) is 0 Å². The molecule has 0 aromatic heterocycles. The second-order valence-corrected chi connectivity index (χ2v) is 1.55. The molecular formula is C6H11N3. The molecule has 0 radical (unpaired) electrons. The van der Waals surface area contributed by atoms with Crippen molar-refractivity contribution in [3.8, 4) is 0 Å². The zero-order valence-electron chi connectivity index (χ0n) is 5.22. The molecule has 0 saturated heterocycles. The van der Waals surface area contributed by atoms with Gasteiger partial charge in [-0.2, -0.15) is 0 Å². The lowest BCUT2D eigenvalue weighted by molar-refractivity contribution is 1.19. The highest BCUT2D eigenvalue weighted by molar-refractivity contribution is 5.94. The smallest absolute Gasteiger partial charge is 0.119 e. The van der Waals surface area contributed by atoms with E-state index in [0.29, 0.717) is 12.1 Å². The third-order valence-electron chi connectivity index (χ3n) is 0.885. The third-order valence-corrected chi connectivity index (χ3v) is 0.885. The number of allylic oxidation sites excluding steroid dienone is 2. The largest absolute Gasteiger partial charge is 0.384 e. The van der Waals surface area contributed by atoms with Crippen LogP contribution in [0.5, 0.6) is 0 Å². The van der Waals surface area contributed by atoms with Gasteiger partial charge in [-0.1, -0.05) is 18.7 Å². The van der Waals surface area contributed by atoms with Crippen LogP contribution < -0.4 is 11.5 Å². The molecule has 0 fully saturated rings. The zero-order valence-corrected chi connectivity index (χ0v) is 5.22. The second-order valence-electron chi connectivity index (χ2n) is 1.55. The Labute approximate surface area is 54.5 Å². The van der Waals surface area contributed by atoms with Crippen LogP contribution in [0.4, 0.5) is 0 Å². The fraction of sp³-hybridized carbons (Fsp3) is 0.167. The van der Waals surface area contributed by atoms with Gasteiger partial charge in [0.15, 0.2) is 0 Å². The van der Waals surface area contributed by atoms with Crippen LogP contribution in [0.3, 0.4) is 0 Å². The minimum absolute atomic E-state index is 0.0115. The number of hydrogen-bond acceptors (Lipinski definition) is 2. The summed E-state index contributed by atoms with van der Waals surface area (Å²) in [4.78, 5) is 0. The SMILES string of the molecule is C=C/C=C(\CN)C(=N)N. The van der Waals surface area contributed by atoms with Crippen LogP contribution >= 0.6 is 0 Å². The number of amidine groups is 1. The Balaban J connectivity index is 4.14. The molecule has 0 aliphatic carbocycles. The summed E-state index contributed by atoms with van der Waals surface area (Å²) in [6.07, 6.45) is 3.19. The number of rotatable bonds is 3. The molecule has 50 valence electrons. The van der Waals surface area contributed by atoms with Gasteiger partial charge in [0.05, 0.1) is 0 Å². The summed E-state index contributed by atoms with van der Waals surface area (Å²) in [5.74, 6) is 0.0115. The van der Waals surface area contributed by atoms with E-state index < -0.39 is 0 Å². The molecule has 9 heavy (non-hydrogen) atoms. The zero-order chi connectivity index (χ0) is 7.28. The van der Waals surface area contributed by atoms with Crippen molar-refractivity contribution in [3.05, 3.63) is 24.3 Å². The van der Waals surface area contributed by atoms with Crippen molar-refractivity contribution in [2.24, 2.45) is 11.5 Å². The topological polar surface area (TPSA) is 75.9 Å². The van der Waals surface area contributed by atoms with E-state index in [1.807, 2.05) is 0 Å². The molecule has 5 N–H and O–H groups in total. The van der Waals surface area contributed by atoms with Gasteiger partial charge in [0, 0.05) is 12.1 Å². The summed E-state index contributed by atoms with van der Waals surface area (Å²) in [6, 6.07) is 0. The molecule has 0 bridgehead atoms. The highest BCUT2D eigenvalue weighted by Gasteiger charge is 1.93. The maximum Gasteiger partial charge on any atom is 0.119 e. The van der Waals surface area contributed by atoms with Crippen LogP contribution in [-0.4, -0.2) is 12.4 Å². The fourth-order valence-corrected chi connectivity index (χ4v) is 0.410. The van der Waals surface area contributed by atoms with E-state index in [1.54, 1.807) is 12.2 Å². The van der Waals surface area contributed by atoms with E-state index >= 15 is 0 Å². The van der Waals surface area contributed by atoms with Crippen LogP contribution in [0.2, 0.25) is 0 Å². The van der Waals surface area contributed by atoms with Crippen molar-refractivity contribution in [2.75, 3.05) is 6.54 Å². The number of nitrogens with two attached hydrogens (primary N) is 2. The molecule has 0 aromatic rings. The van der Waals surface area contributed by atoms with Gasteiger partial charge >= 0.3 is 0 Å². The maximum atomic E-state index is 6.94. The first-order valence-electron chi connectivity index (χ1n) is 2.58. The van der Waals surface area contributed by atoms with Crippen molar-refractivity contribution >= 4 is 5.84 Å². The molecule has 0 aliphatic heterocycles. The van der Waals surface area contributed by atoms with Crippen LogP contribution in [0.15, 0.2) is 24.3 Å². The molecule has 0 spiro atoms. The predicted molar refractivity (Wildman–Crippen MR) is 39.2 cm³/mol. The van der Waals surface area contributed by atoms with Crippen LogP contribution in [0.25, 0.3) is 0 Å². The van der Waals surface area contributed by atoms with E-state index in [-0.39, 0.29) is 5.84 Å². The minimum atomic E-state index is 0.0115. The van der Waals surface area contributed by atoms with Gasteiger partial charge in [-0.15, -0.1) is 0 Å². The molecule has 3 heteroatoms. The Bertz CT molecular complexity index is 146. The van der Waals surface area contributed by atoms with E-state index in [0.717, 1.165) is 0 Å². The first-order chi connectivity index (χ1) is 4.22. The maximum absolute atomic E-state index is 6.94. The predicted octanol–water partition coefficient (Wildman–Crippen LogP) is -0.00653. The summed E-state index contributed by atoms with van der Waals surface area (Å²) in [6.45, 7) is 3.74. The first-order valence-corrected chi connectivity index (χ1v) is 2.58. The second kappa shape index (κ2) is 3.86. The van der Waals surface area contributed by atoms with Gasteiger partial charge in [-0.25, -0.2) is 0 Å². The van der Waals surface area contributed by atoms with Gasteiger partial charge in [-0.05, 0) is 0 Å². The average Bonchev–Trinajstić information content (AvgIpc) is 1.82. The minimum Gasteiger partial charge on any atom is -0.384 e. The monoisotopic (exact) mass is 125 g/mol. The van der Waals surface area contributed by atoms with Gasteiger partial charge in [0.25, 0.3) is 0 Å². The molecule has 0 rings (SSSR count). The first kappa shape index (κ1) is 7.91. The molecule has 3 nitrogen and oxygen atoms in total. The van der Waals surface area contributed by atoms with Gasteiger partial charge in [-0.3, -0.25) is 5.41 Å². The van der Waals surface area contributed by atoms with Gasteiger partial charge in [0.2, 0.25) is 0 Å². The van der Waals surface area contributed by atoms with E-state index in [1.165, 1.54) is 0 Å². The highest BCUT2D eigenvalue weighted by atomic mass is 14.7. The third kappa shape index (κ3) is 2.66. The lowest BCUT2D eigenvalue weighted by Gasteiger charge is -1.97. The van der Waals surface area contributed by atoms with E-state index in [9.17, 15) is 0 Å². The van der Waals surface area contributed by atoms with E-state index in [4.69, 9.17) is 16.9 Å². The molecule has 0 atom stereocenters. The molecule has 0 unspecified atom stereocenters. The van der Waals surface area contributed by atoms with Crippen molar-refractivity contribution in [2.45, 2.75) is 0 Å². The van der Waals surface area contributed by atoms with Crippen molar-refractivity contribution in [1.82, 2.24) is 0 Å². The molecule has 0 aliphatic rings. The van der Waals surface area contributed by atoms with Gasteiger partial charge in [0.1, 0.15) is 5.84 Å². The Morgan fingerprint density at radius 3 is 2.33 bits per heavy atom. The summed E-state index contributed by atoms with van der Waals surface area (Å²) in [5, 5.41) is 6.94.